The quantitative estimate of drug-likeness (QED) is 0.754. The fourth-order valence-electron chi connectivity index (χ4n) is 3.34. The number of benzene rings is 2. The number of nitrogens with zero attached hydrogens (tertiary/aromatic N) is 1. The summed E-state index contributed by atoms with van der Waals surface area (Å²) in [5.74, 6) is 1.77. The third-order valence-corrected chi connectivity index (χ3v) is 4.92. The smallest absolute Gasteiger partial charge is 0.275 e. The standard InChI is InChI=1S/C21H27N3O3/c1-26-19-7-3-5-17(13-19)15-22-21(25)16-23-9-11-24(12-10-23)18-6-4-8-20(14-18)27-2/h3-8,13-14H,9-12,15-16H2,1-2H3,(H,22,25)/p+1. The lowest BCUT2D eigenvalue weighted by atomic mass is 10.2. The molecule has 0 radical (unpaired) electrons. The fraction of sp³-hybridized carbons (Fsp3) is 0.381. The second-order valence-corrected chi connectivity index (χ2v) is 6.74. The first kappa shape index (κ1) is 19.0. The molecule has 144 valence electrons. The first-order valence-corrected chi connectivity index (χ1v) is 9.30. The predicted molar refractivity (Wildman–Crippen MR) is 106 cm³/mol. The van der Waals surface area contributed by atoms with Crippen molar-refractivity contribution in [2.24, 2.45) is 0 Å². The maximum atomic E-state index is 12.3. The van der Waals surface area contributed by atoms with Crippen molar-refractivity contribution in [3.63, 3.8) is 0 Å². The first-order valence-electron chi connectivity index (χ1n) is 9.30. The number of hydrogen-bond donors (Lipinski definition) is 2. The van der Waals surface area contributed by atoms with Crippen molar-refractivity contribution in [1.82, 2.24) is 5.32 Å². The van der Waals surface area contributed by atoms with Crippen LogP contribution in [0.15, 0.2) is 48.5 Å². The highest BCUT2D eigenvalue weighted by atomic mass is 16.5. The maximum Gasteiger partial charge on any atom is 0.275 e. The van der Waals surface area contributed by atoms with Gasteiger partial charge in [0.25, 0.3) is 5.91 Å². The van der Waals surface area contributed by atoms with E-state index in [1.165, 1.54) is 10.6 Å². The molecule has 6 heteroatoms. The number of anilines is 1. The summed E-state index contributed by atoms with van der Waals surface area (Å²) in [6.07, 6.45) is 0. The van der Waals surface area contributed by atoms with Crippen LogP contribution < -0.4 is 24.6 Å². The van der Waals surface area contributed by atoms with Crippen molar-refractivity contribution in [1.29, 1.82) is 0 Å². The summed E-state index contributed by atoms with van der Waals surface area (Å²) in [4.78, 5) is 15.9. The first-order chi connectivity index (χ1) is 13.2. The van der Waals surface area contributed by atoms with Crippen molar-refractivity contribution < 1.29 is 19.2 Å². The van der Waals surface area contributed by atoms with Crippen LogP contribution in [-0.4, -0.2) is 52.9 Å². The molecule has 0 aliphatic carbocycles. The van der Waals surface area contributed by atoms with Gasteiger partial charge in [-0.25, -0.2) is 0 Å². The van der Waals surface area contributed by atoms with Gasteiger partial charge in [-0.05, 0) is 29.8 Å². The number of nitrogens with one attached hydrogen (secondary N) is 2. The van der Waals surface area contributed by atoms with E-state index in [1.807, 2.05) is 36.4 Å². The van der Waals surface area contributed by atoms with E-state index >= 15 is 0 Å². The zero-order chi connectivity index (χ0) is 19.1. The summed E-state index contributed by atoms with van der Waals surface area (Å²) in [5.41, 5.74) is 2.22. The summed E-state index contributed by atoms with van der Waals surface area (Å²) >= 11 is 0. The van der Waals surface area contributed by atoms with Gasteiger partial charge >= 0.3 is 0 Å². The molecule has 6 nitrogen and oxygen atoms in total. The molecule has 27 heavy (non-hydrogen) atoms. The summed E-state index contributed by atoms with van der Waals surface area (Å²) in [6, 6.07) is 15.9. The lowest BCUT2D eigenvalue weighted by Gasteiger charge is -2.33. The second-order valence-electron chi connectivity index (χ2n) is 6.74. The lowest BCUT2D eigenvalue weighted by Crippen LogP contribution is -3.15. The second kappa shape index (κ2) is 9.28. The van der Waals surface area contributed by atoms with E-state index in [0.717, 1.165) is 43.2 Å². The van der Waals surface area contributed by atoms with E-state index in [1.54, 1.807) is 14.2 Å². The van der Waals surface area contributed by atoms with Crippen LogP contribution in [0.1, 0.15) is 5.56 Å². The van der Waals surface area contributed by atoms with E-state index in [-0.39, 0.29) is 5.91 Å². The Labute approximate surface area is 160 Å². The monoisotopic (exact) mass is 370 g/mol. The molecular weight excluding hydrogens is 342 g/mol. The van der Waals surface area contributed by atoms with Crippen LogP contribution in [0.2, 0.25) is 0 Å². The molecule has 0 unspecified atom stereocenters. The van der Waals surface area contributed by atoms with Crippen LogP contribution in [0.3, 0.4) is 0 Å². The number of carbonyl (C=O) groups is 1. The third kappa shape index (κ3) is 5.37. The molecule has 2 aromatic carbocycles. The molecule has 0 aromatic heterocycles. The molecule has 1 fully saturated rings. The number of ether oxygens (including phenoxy) is 2. The highest BCUT2D eigenvalue weighted by Crippen LogP contribution is 2.20. The molecule has 1 saturated heterocycles. The summed E-state index contributed by atoms with van der Waals surface area (Å²) in [6.45, 7) is 4.81. The molecular formula is C21H28N3O3+. The summed E-state index contributed by atoms with van der Waals surface area (Å²) < 4.78 is 10.5. The third-order valence-electron chi connectivity index (χ3n) is 4.92. The van der Waals surface area contributed by atoms with E-state index in [4.69, 9.17) is 9.47 Å². The number of methoxy groups -OCH3 is 2. The van der Waals surface area contributed by atoms with Gasteiger partial charge < -0.3 is 24.6 Å². The van der Waals surface area contributed by atoms with Gasteiger partial charge in [0.1, 0.15) is 11.5 Å². The molecule has 1 aliphatic heterocycles. The number of rotatable bonds is 7. The van der Waals surface area contributed by atoms with Gasteiger partial charge in [0.2, 0.25) is 0 Å². The van der Waals surface area contributed by atoms with Gasteiger partial charge in [0.05, 0.1) is 40.4 Å². The van der Waals surface area contributed by atoms with E-state index in [0.29, 0.717) is 13.1 Å². The Bertz CT molecular complexity index is 758. The Morgan fingerprint density at radius 3 is 2.41 bits per heavy atom. The normalized spacial score (nSPS) is 14.7. The topological polar surface area (TPSA) is 55.2 Å². The molecule has 0 spiro atoms. The largest absolute Gasteiger partial charge is 0.497 e. The molecule has 2 N–H and O–H groups in total. The minimum atomic E-state index is 0.0858. The Morgan fingerprint density at radius 2 is 1.70 bits per heavy atom. The maximum absolute atomic E-state index is 12.3. The van der Waals surface area contributed by atoms with E-state index in [9.17, 15) is 4.79 Å². The van der Waals surface area contributed by atoms with Crippen molar-refractivity contribution in [2.45, 2.75) is 6.54 Å². The van der Waals surface area contributed by atoms with E-state index in [2.05, 4.69) is 22.3 Å². The Balaban J connectivity index is 1.43. The molecule has 1 amide bonds. The van der Waals surface area contributed by atoms with Gasteiger partial charge in [-0.15, -0.1) is 0 Å². The van der Waals surface area contributed by atoms with Crippen molar-refractivity contribution in [2.75, 3.05) is 51.8 Å². The minimum absolute atomic E-state index is 0.0858. The van der Waals surface area contributed by atoms with Gasteiger partial charge in [-0.1, -0.05) is 18.2 Å². The lowest BCUT2D eigenvalue weighted by molar-refractivity contribution is -0.892. The molecule has 0 atom stereocenters. The van der Waals surface area contributed by atoms with E-state index < -0.39 is 0 Å². The molecule has 3 rings (SSSR count). The average Bonchev–Trinajstić information content (AvgIpc) is 2.73. The molecule has 1 aliphatic rings. The van der Waals surface area contributed by atoms with Gasteiger partial charge in [-0.2, -0.15) is 0 Å². The predicted octanol–water partition coefficient (Wildman–Crippen LogP) is 0.725. The number of piperazine rings is 1. The van der Waals surface area contributed by atoms with Crippen molar-refractivity contribution in [3.05, 3.63) is 54.1 Å². The molecule has 0 bridgehead atoms. The van der Waals surface area contributed by atoms with Crippen LogP contribution in [0.5, 0.6) is 11.5 Å². The number of quaternary nitrogens is 1. The zero-order valence-corrected chi connectivity index (χ0v) is 16.0. The van der Waals surface area contributed by atoms with Gasteiger partial charge in [-0.3, -0.25) is 4.79 Å². The van der Waals surface area contributed by atoms with Gasteiger partial charge in [0.15, 0.2) is 6.54 Å². The Hall–Kier alpha value is -2.73. The summed E-state index contributed by atoms with van der Waals surface area (Å²) in [7, 11) is 3.33. The van der Waals surface area contributed by atoms with Crippen LogP contribution in [-0.2, 0) is 11.3 Å². The van der Waals surface area contributed by atoms with Crippen LogP contribution in [0.4, 0.5) is 5.69 Å². The van der Waals surface area contributed by atoms with Crippen molar-refractivity contribution in [3.8, 4) is 11.5 Å². The average molecular weight is 370 g/mol. The Morgan fingerprint density at radius 1 is 1.04 bits per heavy atom. The summed E-state index contributed by atoms with van der Waals surface area (Å²) in [5, 5.41) is 3.01. The number of amides is 1. The molecule has 1 heterocycles. The minimum Gasteiger partial charge on any atom is -0.497 e. The van der Waals surface area contributed by atoms with Gasteiger partial charge in [0, 0.05) is 18.3 Å². The number of hydrogen-bond acceptors (Lipinski definition) is 4. The van der Waals surface area contributed by atoms with Crippen LogP contribution >= 0.6 is 0 Å². The number of carbonyl (C=O) groups excluding carboxylic acids is 1. The zero-order valence-electron chi connectivity index (χ0n) is 16.0. The van der Waals surface area contributed by atoms with Crippen molar-refractivity contribution >= 4 is 11.6 Å². The van der Waals surface area contributed by atoms with Crippen LogP contribution in [0, 0.1) is 0 Å². The SMILES string of the molecule is COc1cccc(CNC(=O)C[NH+]2CCN(c3cccc(OC)c3)CC2)c1. The highest BCUT2D eigenvalue weighted by molar-refractivity contribution is 5.76. The molecule has 0 saturated carbocycles. The fourth-order valence-corrected chi connectivity index (χ4v) is 3.34. The Kier molecular flexibility index (Phi) is 6.54. The van der Waals surface area contributed by atoms with Crippen LogP contribution in [0.25, 0.3) is 0 Å². The highest BCUT2D eigenvalue weighted by Gasteiger charge is 2.22. The molecule has 2 aromatic rings.